The lowest BCUT2D eigenvalue weighted by atomic mass is 10.1. The summed E-state index contributed by atoms with van der Waals surface area (Å²) in [7, 11) is 3.93. The van der Waals surface area contributed by atoms with Crippen LogP contribution >= 0.6 is 11.3 Å². The number of nitrogens with zero attached hydrogens (tertiary/aromatic N) is 2. The largest absolute Gasteiger partial charge is 0.573 e. The number of hydrogen-bond acceptors (Lipinski definition) is 5. The molecule has 0 atom stereocenters. The molecule has 1 N–H and O–H groups in total. The Balaban J connectivity index is 2.16. The van der Waals surface area contributed by atoms with Crippen molar-refractivity contribution in [2.75, 3.05) is 27.2 Å². The lowest BCUT2D eigenvalue weighted by Crippen LogP contribution is -2.26. The Kier molecular flexibility index (Phi) is 6.20. The van der Waals surface area contributed by atoms with Crippen LogP contribution in [0.15, 0.2) is 24.3 Å². The molecule has 1 aromatic heterocycles. The van der Waals surface area contributed by atoms with Crippen molar-refractivity contribution in [2.45, 2.75) is 19.8 Å². The zero-order valence-corrected chi connectivity index (χ0v) is 14.6. The van der Waals surface area contributed by atoms with Crippen LogP contribution in [0, 0.1) is 6.92 Å². The molecule has 8 heteroatoms. The number of aromatic nitrogens is 1. The van der Waals surface area contributed by atoms with Gasteiger partial charge in [-0.3, -0.25) is 4.90 Å². The Morgan fingerprint density at radius 3 is 2.50 bits per heavy atom. The number of ether oxygens (including phenoxy) is 1. The van der Waals surface area contributed by atoms with Crippen molar-refractivity contribution in [3.63, 3.8) is 0 Å². The van der Waals surface area contributed by atoms with Crippen LogP contribution in [0.4, 0.5) is 13.2 Å². The van der Waals surface area contributed by atoms with Crippen LogP contribution in [0.5, 0.6) is 5.75 Å². The fourth-order valence-electron chi connectivity index (χ4n) is 2.24. The maximum absolute atomic E-state index is 12.2. The van der Waals surface area contributed by atoms with Gasteiger partial charge in [0.2, 0.25) is 0 Å². The standard InChI is InChI=1S/C16H20F3N3OS/c1-11-21-15(14(24-11)10-22(3)9-8-20-2)12-4-6-13(7-5-12)23-16(17,18)19/h4-7,20H,8-10H2,1-3H3. The molecule has 0 fully saturated rings. The number of hydrogen-bond donors (Lipinski definition) is 1. The van der Waals surface area contributed by atoms with Crippen molar-refractivity contribution < 1.29 is 17.9 Å². The van der Waals surface area contributed by atoms with E-state index in [0.717, 1.165) is 40.8 Å². The van der Waals surface area contributed by atoms with Gasteiger partial charge >= 0.3 is 6.36 Å². The van der Waals surface area contributed by atoms with Crippen LogP contribution < -0.4 is 10.1 Å². The van der Waals surface area contributed by atoms with Gasteiger partial charge < -0.3 is 10.1 Å². The van der Waals surface area contributed by atoms with E-state index in [1.54, 1.807) is 23.5 Å². The number of nitrogens with one attached hydrogen (secondary N) is 1. The molecule has 2 rings (SSSR count). The summed E-state index contributed by atoms with van der Waals surface area (Å²) in [5.74, 6) is -0.231. The van der Waals surface area contributed by atoms with Gasteiger partial charge in [-0.1, -0.05) is 0 Å². The van der Waals surface area contributed by atoms with Crippen molar-refractivity contribution >= 4 is 11.3 Å². The molecule has 4 nitrogen and oxygen atoms in total. The summed E-state index contributed by atoms with van der Waals surface area (Å²) in [5.41, 5.74) is 1.60. The van der Waals surface area contributed by atoms with Gasteiger partial charge in [0.1, 0.15) is 5.75 Å². The van der Waals surface area contributed by atoms with Gasteiger partial charge in [-0.15, -0.1) is 24.5 Å². The van der Waals surface area contributed by atoms with Crippen LogP contribution in [-0.2, 0) is 6.54 Å². The highest BCUT2D eigenvalue weighted by Gasteiger charge is 2.31. The van der Waals surface area contributed by atoms with Gasteiger partial charge in [-0.2, -0.15) is 0 Å². The van der Waals surface area contributed by atoms with E-state index in [9.17, 15) is 13.2 Å². The third-order valence-electron chi connectivity index (χ3n) is 3.32. The number of aryl methyl sites for hydroxylation is 1. The molecule has 1 aromatic carbocycles. The molecule has 0 bridgehead atoms. The first-order valence-corrected chi connectivity index (χ1v) is 8.26. The van der Waals surface area contributed by atoms with E-state index in [-0.39, 0.29) is 5.75 Å². The lowest BCUT2D eigenvalue weighted by Gasteiger charge is -2.16. The second-order valence-corrected chi connectivity index (χ2v) is 6.71. The minimum atomic E-state index is -4.68. The van der Waals surface area contributed by atoms with Crippen molar-refractivity contribution in [1.29, 1.82) is 0 Å². The topological polar surface area (TPSA) is 37.4 Å². The molecule has 0 amide bonds. The number of rotatable bonds is 7. The zero-order valence-electron chi connectivity index (χ0n) is 13.8. The first-order chi connectivity index (χ1) is 11.3. The number of halogens is 3. The number of thiazole rings is 1. The molecule has 0 saturated heterocycles. The average molecular weight is 359 g/mol. The molecule has 0 spiro atoms. The minimum Gasteiger partial charge on any atom is -0.406 e. The van der Waals surface area contributed by atoms with E-state index in [1.807, 2.05) is 21.0 Å². The maximum Gasteiger partial charge on any atom is 0.573 e. The molecule has 0 radical (unpaired) electrons. The molecule has 132 valence electrons. The number of likely N-dealkylation sites (N-methyl/N-ethyl adjacent to an activating group) is 2. The van der Waals surface area contributed by atoms with E-state index in [4.69, 9.17) is 0 Å². The van der Waals surface area contributed by atoms with Gasteiger partial charge in [-0.25, -0.2) is 4.98 Å². The van der Waals surface area contributed by atoms with Crippen LogP contribution in [0.1, 0.15) is 9.88 Å². The predicted molar refractivity (Wildman–Crippen MR) is 89.2 cm³/mol. The Labute approximate surface area is 143 Å². The predicted octanol–water partition coefficient (Wildman–Crippen LogP) is 3.67. The summed E-state index contributed by atoms with van der Waals surface area (Å²) >= 11 is 1.60. The Morgan fingerprint density at radius 1 is 1.25 bits per heavy atom. The minimum absolute atomic E-state index is 0.231. The Morgan fingerprint density at radius 2 is 1.92 bits per heavy atom. The van der Waals surface area contributed by atoms with Crippen LogP contribution in [0.25, 0.3) is 11.3 Å². The summed E-state index contributed by atoms with van der Waals surface area (Å²) in [6, 6.07) is 5.83. The average Bonchev–Trinajstić information content (AvgIpc) is 2.85. The van der Waals surface area contributed by atoms with Crippen molar-refractivity contribution in [3.05, 3.63) is 34.2 Å². The molecule has 0 unspecified atom stereocenters. The highest BCUT2D eigenvalue weighted by Crippen LogP contribution is 2.31. The number of alkyl halides is 3. The van der Waals surface area contributed by atoms with Crippen molar-refractivity contribution in [2.24, 2.45) is 0 Å². The monoisotopic (exact) mass is 359 g/mol. The van der Waals surface area contributed by atoms with Crippen LogP contribution in [0.3, 0.4) is 0 Å². The van der Waals surface area contributed by atoms with Gasteiger partial charge in [-0.05, 0) is 45.3 Å². The van der Waals surface area contributed by atoms with Crippen molar-refractivity contribution in [1.82, 2.24) is 15.2 Å². The molecule has 0 aliphatic rings. The molecule has 0 saturated carbocycles. The molecule has 2 aromatic rings. The molecule has 1 heterocycles. The van der Waals surface area contributed by atoms with E-state index in [2.05, 4.69) is 19.9 Å². The van der Waals surface area contributed by atoms with Crippen LogP contribution in [0.2, 0.25) is 0 Å². The molecule has 24 heavy (non-hydrogen) atoms. The Bertz CT molecular complexity index is 656. The zero-order chi connectivity index (χ0) is 17.7. The molecule has 0 aliphatic heterocycles. The summed E-state index contributed by atoms with van der Waals surface area (Å²) in [6.07, 6.45) is -4.68. The highest BCUT2D eigenvalue weighted by molar-refractivity contribution is 7.12. The molecule has 0 aliphatic carbocycles. The maximum atomic E-state index is 12.2. The summed E-state index contributed by atoms with van der Waals surface area (Å²) < 4.78 is 40.6. The normalized spacial score (nSPS) is 12.0. The summed E-state index contributed by atoms with van der Waals surface area (Å²) in [5, 5.41) is 4.03. The fourth-order valence-corrected chi connectivity index (χ4v) is 3.28. The van der Waals surface area contributed by atoms with Gasteiger partial charge in [0.15, 0.2) is 0 Å². The first-order valence-electron chi connectivity index (χ1n) is 7.44. The summed E-state index contributed by atoms with van der Waals surface area (Å²) in [6.45, 7) is 4.44. The quantitative estimate of drug-likeness (QED) is 0.819. The third kappa shape index (κ3) is 5.47. The van der Waals surface area contributed by atoms with Crippen LogP contribution in [-0.4, -0.2) is 43.4 Å². The third-order valence-corrected chi connectivity index (χ3v) is 4.28. The SMILES string of the molecule is CNCCN(C)Cc1sc(C)nc1-c1ccc(OC(F)(F)F)cc1. The second-order valence-electron chi connectivity index (χ2n) is 5.42. The molecular formula is C16H20F3N3OS. The van der Waals surface area contributed by atoms with E-state index in [0.29, 0.717) is 0 Å². The first kappa shape index (κ1) is 18.7. The van der Waals surface area contributed by atoms with Gasteiger partial charge in [0.25, 0.3) is 0 Å². The van der Waals surface area contributed by atoms with Gasteiger partial charge in [0.05, 0.1) is 10.7 Å². The van der Waals surface area contributed by atoms with Crippen molar-refractivity contribution in [3.8, 4) is 17.0 Å². The van der Waals surface area contributed by atoms with E-state index < -0.39 is 6.36 Å². The van der Waals surface area contributed by atoms with E-state index in [1.165, 1.54) is 12.1 Å². The van der Waals surface area contributed by atoms with Gasteiger partial charge in [0, 0.05) is 30.1 Å². The smallest absolute Gasteiger partial charge is 0.406 e. The fraction of sp³-hybridized carbons (Fsp3) is 0.438. The number of benzene rings is 1. The lowest BCUT2D eigenvalue weighted by molar-refractivity contribution is -0.274. The Hall–Kier alpha value is -1.64. The van der Waals surface area contributed by atoms with E-state index >= 15 is 0 Å². The summed E-state index contributed by atoms with van der Waals surface area (Å²) in [4.78, 5) is 7.80. The molecular weight excluding hydrogens is 339 g/mol. The second kappa shape index (κ2) is 7.96. The highest BCUT2D eigenvalue weighted by atomic mass is 32.1.